The highest BCUT2D eigenvalue weighted by atomic mass is 16.5. The molecule has 3 heterocycles. The van der Waals surface area contributed by atoms with Crippen LogP contribution in [0.25, 0.3) is 0 Å². The van der Waals surface area contributed by atoms with E-state index in [0.717, 1.165) is 13.0 Å². The first-order valence-electron chi connectivity index (χ1n) is 8.48. The third-order valence-corrected chi connectivity index (χ3v) is 4.77. The first kappa shape index (κ1) is 17.6. The number of hydrogen-bond donors (Lipinski definition) is 2. The van der Waals surface area contributed by atoms with Crippen LogP contribution in [0.4, 0.5) is 0 Å². The van der Waals surface area contributed by atoms with Crippen molar-refractivity contribution in [3.05, 3.63) is 34.2 Å². The Morgan fingerprint density at radius 1 is 1.36 bits per heavy atom. The fourth-order valence-electron chi connectivity index (χ4n) is 3.37. The number of aromatic amines is 1. The van der Waals surface area contributed by atoms with E-state index in [0.29, 0.717) is 25.1 Å². The van der Waals surface area contributed by atoms with E-state index in [4.69, 9.17) is 4.74 Å². The number of amides is 2. The van der Waals surface area contributed by atoms with Crippen LogP contribution in [-0.2, 0) is 9.53 Å². The summed E-state index contributed by atoms with van der Waals surface area (Å²) in [7, 11) is 3.48. The largest absolute Gasteiger partial charge is 0.375 e. The van der Waals surface area contributed by atoms with E-state index in [1.165, 1.54) is 18.3 Å². The van der Waals surface area contributed by atoms with Crippen molar-refractivity contribution in [3.63, 3.8) is 0 Å². The summed E-state index contributed by atoms with van der Waals surface area (Å²) in [6.07, 6.45) is 2.53. The number of aromatic nitrogens is 1. The fourth-order valence-corrected chi connectivity index (χ4v) is 3.37. The molecular weight excluding hydrogens is 324 g/mol. The van der Waals surface area contributed by atoms with Crippen LogP contribution < -0.4 is 10.9 Å². The Morgan fingerprint density at radius 3 is 2.84 bits per heavy atom. The molecule has 0 radical (unpaired) electrons. The summed E-state index contributed by atoms with van der Waals surface area (Å²) < 4.78 is 5.82. The van der Waals surface area contributed by atoms with Crippen LogP contribution in [0.5, 0.6) is 0 Å². The smallest absolute Gasteiger partial charge is 0.253 e. The molecule has 0 aliphatic carbocycles. The number of hydrogen-bond acceptors (Lipinski definition) is 5. The van der Waals surface area contributed by atoms with Gasteiger partial charge in [0, 0.05) is 51.5 Å². The second-order valence-corrected chi connectivity index (χ2v) is 6.90. The SMILES string of the molecule is CN(C)C(=O)C[C@H]1CN2C[C@H](NC(=O)c3ccc(=O)[nH]c3)C[C@H]2CO1. The Labute approximate surface area is 146 Å². The van der Waals surface area contributed by atoms with E-state index in [-0.39, 0.29) is 35.6 Å². The molecule has 1 aromatic rings. The van der Waals surface area contributed by atoms with Crippen molar-refractivity contribution in [1.29, 1.82) is 0 Å². The number of rotatable bonds is 4. The van der Waals surface area contributed by atoms with Crippen LogP contribution in [0.2, 0.25) is 0 Å². The van der Waals surface area contributed by atoms with Crippen molar-refractivity contribution in [2.75, 3.05) is 33.8 Å². The van der Waals surface area contributed by atoms with E-state index in [2.05, 4.69) is 15.2 Å². The van der Waals surface area contributed by atoms with Crippen molar-refractivity contribution in [2.45, 2.75) is 31.0 Å². The molecule has 136 valence electrons. The summed E-state index contributed by atoms with van der Waals surface area (Å²) in [5.74, 6) is -0.132. The average Bonchev–Trinajstić information content (AvgIpc) is 2.96. The molecule has 8 nitrogen and oxygen atoms in total. The van der Waals surface area contributed by atoms with Crippen molar-refractivity contribution in [3.8, 4) is 0 Å². The lowest BCUT2D eigenvalue weighted by Crippen LogP contribution is -2.47. The van der Waals surface area contributed by atoms with Crippen LogP contribution in [-0.4, -0.2) is 78.6 Å². The van der Waals surface area contributed by atoms with Gasteiger partial charge in [0.1, 0.15) is 0 Å². The normalized spacial score (nSPS) is 26.1. The van der Waals surface area contributed by atoms with Crippen LogP contribution in [0, 0.1) is 0 Å². The topological polar surface area (TPSA) is 94.7 Å². The number of fused-ring (bicyclic) bond motifs is 1. The number of carbonyl (C=O) groups excluding carboxylic acids is 2. The van der Waals surface area contributed by atoms with Gasteiger partial charge in [-0.15, -0.1) is 0 Å². The maximum absolute atomic E-state index is 12.3. The molecule has 2 aliphatic heterocycles. The lowest BCUT2D eigenvalue weighted by atomic mass is 10.1. The van der Waals surface area contributed by atoms with E-state index in [1.807, 2.05) is 0 Å². The molecule has 8 heteroatoms. The minimum atomic E-state index is -0.231. The lowest BCUT2D eigenvalue weighted by Gasteiger charge is -2.35. The summed E-state index contributed by atoms with van der Waals surface area (Å²) in [4.78, 5) is 41.6. The van der Waals surface area contributed by atoms with Crippen molar-refractivity contribution in [2.24, 2.45) is 0 Å². The van der Waals surface area contributed by atoms with Gasteiger partial charge in [-0.05, 0) is 12.5 Å². The van der Waals surface area contributed by atoms with Crippen LogP contribution in [0.3, 0.4) is 0 Å². The van der Waals surface area contributed by atoms with Crippen molar-refractivity contribution < 1.29 is 14.3 Å². The monoisotopic (exact) mass is 348 g/mol. The molecule has 0 aromatic carbocycles. The van der Waals surface area contributed by atoms with Crippen LogP contribution in [0.1, 0.15) is 23.2 Å². The second-order valence-electron chi connectivity index (χ2n) is 6.90. The zero-order valence-electron chi connectivity index (χ0n) is 14.5. The van der Waals surface area contributed by atoms with Gasteiger partial charge in [-0.25, -0.2) is 0 Å². The molecule has 2 N–H and O–H groups in total. The van der Waals surface area contributed by atoms with Crippen LogP contribution >= 0.6 is 0 Å². The molecule has 0 saturated carbocycles. The van der Waals surface area contributed by atoms with Gasteiger partial charge in [-0.1, -0.05) is 0 Å². The van der Waals surface area contributed by atoms with E-state index in [9.17, 15) is 14.4 Å². The van der Waals surface area contributed by atoms with Crippen molar-refractivity contribution >= 4 is 11.8 Å². The number of carbonyl (C=O) groups is 2. The molecule has 0 bridgehead atoms. The van der Waals surface area contributed by atoms with Gasteiger partial charge < -0.3 is 19.9 Å². The zero-order chi connectivity index (χ0) is 18.0. The zero-order valence-corrected chi connectivity index (χ0v) is 14.5. The van der Waals surface area contributed by atoms with E-state index < -0.39 is 0 Å². The van der Waals surface area contributed by atoms with E-state index >= 15 is 0 Å². The molecule has 2 fully saturated rings. The maximum atomic E-state index is 12.3. The molecular formula is C17H24N4O4. The number of nitrogens with zero attached hydrogens (tertiary/aromatic N) is 2. The second kappa shape index (κ2) is 7.37. The summed E-state index contributed by atoms with van der Waals surface area (Å²) in [5, 5.41) is 3.01. The van der Waals surface area contributed by atoms with Gasteiger partial charge in [0.25, 0.3) is 5.91 Å². The first-order valence-corrected chi connectivity index (χ1v) is 8.48. The van der Waals surface area contributed by atoms with Gasteiger partial charge in [0.15, 0.2) is 0 Å². The Bertz CT molecular complexity index is 682. The number of H-pyrrole nitrogens is 1. The van der Waals surface area contributed by atoms with Gasteiger partial charge in [0.2, 0.25) is 11.5 Å². The third-order valence-electron chi connectivity index (χ3n) is 4.77. The summed E-state index contributed by atoms with van der Waals surface area (Å²) in [5.41, 5.74) is 0.209. The minimum absolute atomic E-state index is 0.0383. The van der Waals surface area contributed by atoms with Crippen LogP contribution in [0.15, 0.2) is 23.1 Å². The molecule has 0 unspecified atom stereocenters. The predicted molar refractivity (Wildman–Crippen MR) is 91.3 cm³/mol. The Kier molecular flexibility index (Phi) is 5.19. The minimum Gasteiger partial charge on any atom is -0.375 e. The Morgan fingerprint density at radius 2 is 2.16 bits per heavy atom. The Hall–Kier alpha value is -2.19. The maximum Gasteiger partial charge on any atom is 0.253 e. The molecule has 2 saturated heterocycles. The molecule has 1 aromatic heterocycles. The van der Waals surface area contributed by atoms with E-state index in [1.54, 1.807) is 19.0 Å². The molecule has 2 aliphatic rings. The third kappa shape index (κ3) is 4.26. The van der Waals surface area contributed by atoms with Crippen molar-refractivity contribution in [1.82, 2.24) is 20.1 Å². The number of morpholine rings is 1. The van der Waals surface area contributed by atoms with Gasteiger partial charge in [-0.3, -0.25) is 19.3 Å². The number of nitrogens with one attached hydrogen (secondary N) is 2. The lowest BCUT2D eigenvalue weighted by molar-refractivity contribution is -0.134. The molecule has 25 heavy (non-hydrogen) atoms. The first-order chi connectivity index (χ1) is 11.9. The summed E-state index contributed by atoms with van der Waals surface area (Å²) in [6.45, 7) is 2.03. The highest BCUT2D eigenvalue weighted by Gasteiger charge is 2.38. The molecule has 2 amide bonds. The van der Waals surface area contributed by atoms with Gasteiger partial charge in [0.05, 0.1) is 24.7 Å². The molecule has 3 atom stereocenters. The summed E-state index contributed by atoms with van der Waals surface area (Å²) in [6, 6.07) is 3.16. The fraction of sp³-hybridized carbons (Fsp3) is 0.588. The quantitative estimate of drug-likeness (QED) is 0.760. The Balaban J connectivity index is 1.53. The standard InChI is InChI=1S/C17H24N4O4/c1-20(2)16(23)6-14-9-21-8-12(5-13(21)10-25-14)19-17(24)11-3-4-15(22)18-7-11/h3-4,7,12-14H,5-6,8-10H2,1-2H3,(H,18,22)(H,19,24)/t12-,13+,14+/m1/s1. The number of ether oxygens (including phenoxy) is 1. The number of pyridine rings is 1. The molecule has 3 rings (SSSR count). The van der Waals surface area contributed by atoms with Gasteiger partial charge >= 0.3 is 0 Å². The highest BCUT2D eigenvalue weighted by Crippen LogP contribution is 2.24. The van der Waals surface area contributed by atoms with Gasteiger partial charge in [-0.2, -0.15) is 0 Å². The molecule has 0 spiro atoms. The summed E-state index contributed by atoms with van der Waals surface area (Å²) >= 11 is 0. The highest BCUT2D eigenvalue weighted by molar-refractivity contribution is 5.94. The predicted octanol–water partition coefficient (Wildman–Crippen LogP) is -0.575. The average molecular weight is 348 g/mol.